The molecule has 0 heterocycles. The van der Waals surface area contributed by atoms with Crippen molar-refractivity contribution in [2.45, 2.75) is 57.5 Å². The van der Waals surface area contributed by atoms with Gasteiger partial charge in [0, 0.05) is 11.5 Å². The molecule has 0 spiro atoms. The standard InChI is InChI=1S/C18H31N3O/c1-2-3-4-5-6-10-13-16(14-19)18(20,21)17(22)15-11-8-7-9-12-15/h7-9,11-12,16H,2-6,10,13-14,19-21H2,1H3. The molecule has 0 fully saturated rings. The van der Waals surface area contributed by atoms with Crippen molar-refractivity contribution in [1.82, 2.24) is 0 Å². The molecule has 0 aliphatic rings. The van der Waals surface area contributed by atoms with Crippen molar-refractivity contribution in [3.8, 4) is 0 Å². The zero-order chi connectivity index (χ0) is 16.4. The van der Waals surface area contributed by atoms with E-state index >= 15 is 0 Å². The second-order valence-electron chi connectivity index (χ2n) is 6.12. The van der Waals surface area contributed by atoms with Gasteiger partial charge in [-0.1, -0.05) is 75.8 Å². The third kappa shape index (κ3) is 5.52. The van der Waals surface area contributed by atoms with Crippen LogP contribution in [0.1, 0.15) is 62.2 Å². The van der Waals surface area contributed by atoms with Crippen LogP contribution in [0.4, 0.5) is 0 Å². The Labute approximate surface area is 134 Å². The van der Waals surface area contributed by atoms with Gasteiger partial charge in [-0.2, -0.15) is 0 Å². The van der Waals surface area contributed by atoms with Crippen molar-refractivity contribution >= 4 is 5.78 Å². The van der Waals surface area contributed by atoms with Gasteiger partial charge in [0.05, 0.1) is 0 Å². The van der Waals surface area contributed by atoms with E-state index in [9.17, 15) is 4.79 Å². The Bertz CT molecular complexity index is 431. The minimum absolute atomic E-state index is 0.189. The molecule has 0 radical (unpaired) electrons. The SMILES string of the molecule is CCCCCCCCC(CN)C(N)(N)C(=O)c1ccccc1. The Balaban J connectivity index is 2.54. The summed E-state index contributed by atoms with van der Waals surface area (Å²) < 4.78 is 0. The largest absolute Gasteiger partial charge is 0.330 e. The fourth-order valence-corrected chi connectivity index (χ4v) is 2.75. The zero-order valence-electron chi connectivity index (χ0n) is 13.8. The van der Waals surface area contributed by atoms with Gasteiger partial charge >= 0.3 is 0 Å². The van der Waals surface area contributed by atoms with Gasteiger partial charge in [-0.3, -0.25) is 4.79 Å². The molecule has 0 aliphatic heterocycles. The molecule has 0 saturated carbocycles. The molecule has 1 unspecified atom stereocenters. The van der Waals surface area contributed by atoms with Crippen LogP contribution in [-0.2, 0) is 0 Å². The molecular weight excluding hydrogens is 274 g/mol. The van der Waals surface area contributed by atoms with Gasteiger partial charge < -0.3 is 17.2 Å². The first-order valence-electron chi connectivity index (χ1n) is 8.41. The Hall–Kier alpha value is -1.23. The van der Waals surface area contributed by atoms with E-state index in [0.717, 1.165) is 19.3 Å². The van der Waals surface area contributed by atoms with Crippen LogP contribution in [0.15, 0.2) is 30.3 Å². The Kier molecular flexibility index (Phi) is 8.31. The molecule has 22 heavy (non-hydrogen) atoms. The number of unbranched alkanes of at least 4 members (excludes halogenated alkanes) is 5. The molecule has 4 nitrogen and oxygen atoms in total. The molecule has 6 N–H and O–H groups in total. The summed E-state index contributed by atoms with van der Waals surface area (Å²) in [5.74, 6) is -0.416. The van der Waals surface area contributed by atoms with Gasteiger partial charge in [-0.15, -0.1) is 0 Å². The highest BCUT2D eigenvalue weighted by Gasteiger charge is 2.37. The molecule has 0 saturated heterocycles. The highest BCUT2D eigenvalue weighted by atomic mass is 16.1. The van der Waals surface area contributed by atoms with Crippen LogP contribution in [0.3, 0.4) is 0 Å². The van der Waals surface area contributed by atoms with Crippen LogP contribution in [0, 0.1) is 5.92 Å². The maximum Gasteiger partial charge on any atom is 0.197 e. The highest BCUT2D eigenvalue weighted by Crippen LogP contribution is 2.21. The summed E-state index contributed by atoms with van der Waals surface area (Å²) in [5.41, 5.74) is 17.3. The van der Waals surface area contributed by atoms with Crippen LogP contribution >= 0.6 is 0 Å². The third-order valence-electron chi connectivity index (χ3n) is 4.30. The number of hydrogen-bond donors (Lipinski definition) is 3. The average Bonchev–Trinajstić information content (AvgIpc) is 2.54. The van der Waals surface area contributed by atoms with Crippen molar-refractivity contribution in [2.75, 3.05) is 6.54 Å². The van der Waals surface area contributed by atoms with E-state index in [4.69, 9.17) is 17.2 Å². The average molecular weight is 305 g/mol. The first kappa shape index (κ1) is 18.8. The second-order valence-corrected chi connectivity index (χ2v) is 6.12. The first-order chi connectivity index (χ1) is 10.5. The van der Waals surface area contributed by atoms with E-state index in [-0.39, 0.29) is 11.7 Å². The number of ketones is 1. The maximum absolute atomic E-state index is 12.5. The highest BCUT2D eigenvalue weighted by molar-refractivity contribution is 6.02. The van der Waals surface area contributed by atoms with Gasteiger partial charge in [-0.25, -0.2) is 0 Å². The second kappa shape index (κ2) is 9.72. The third-order valence-corrected chi connectivity index (χ3v) is 4.30. The van der Waals surface area contributed by atoms with Crippen LogP contribution in [0.2, 0.25) is 0 Å². The Morgan fingerprint density at radius 1 is 1.05 bits per heavy atom. The summed E-state index contributed by atoms with van der Waals surface area (Å²) >= 11 is 0. The van der Waals surface area contributed by atoms with Crippen LogP contribution in [0.5, 0.6) is 0 Å². The molecule has 0 aromatic heterocycles. The molecule has 1 aromatic rings. The molecule has 0 bridgehead atoms. The quantitative estimate of drug-likeness (QED) is 0.333. The molecule has 0 amide bonds. The maximum atomic E-state index is 12.5. The summed E-state index contributed by atoms with van der Waals surface area (Å²) in [7, 11) is 0. The molecule has 124 valence electrons. The Morgan fingerprint density at radius 2 is 1.64 bits per heavy atom. The summed E-state index contributed by atoms with van der Waals surface area (Å²) in [6, 6.07) is 8.98. The fraction of sp³-hybridized carbons (Fsp3) is 0.611. The molecule has 4 heteroatoms. The predicted octanol–water partition coefficient (Wildman–Crippen LogP) is 2.81. The van der Waals surface area contributed by atoms with Gasteiger partial charge in [0.15, 0.2) is 5.78 Å². The number of carbonyl (C=O) groups is 1. The molecule has 0 aliphatic carbocycles. The van der Waals surface area contributed by atoms with Gasteiger partial charge in [-0.05, 0) is 13.0 Å². The van der Waals surface area contributed by atoms with Crippen molar-refractivity contribution < 1.29 is 4.79 Å². The topological polar surface area (TPSA) is 95.1 Å². The fourth-order valence-electron chi connectivity index (χ4n) is 2.75. The Morgan fingerprint density at radius 3 is 2.23 bits per heavy atom. The lowest BCUT2D eigenvalue weighted by Gasteiger charge is -2.32. The van der Waals surface area contributed by atoms with Crippen molar-refractivity contribution in [2.24, 2.45) is 23.1 Å². The monoisotopic (exact) mass is 305 g/mol. The molecule has 1 aromatic carbocycles. The van der Waals surface area contributed by atoms with Crippen LogP contribution in [0.25, 0.3) is 0 Å². The number of rotatable bonds is 11. The summed E-state index contributed by atoms with van der Waals surface area (Å²) in [6.07, 6.45) is 7.98. The summed E-state index contributed by atoms with van der Waals surface area (Å²) in [4.78, 5) is 12.5. The molecule has 1 rings (SSSR count). The smallest absolute Gasteiger partial charge is 0.197 e. The van der Waals surface area contributed by atoms with Crippen molar-refractivity contribution in [1.29, 1.82) is 0 Å². The number of carbonyl (C=O) groups excluding carboxylic acids is 1. The van der Waals surface area contributed by atoms with Gasteiger partial charge in [0.1, 0.15) is 5.66 Å². The van der Waals surface area contributed by atoms with E-state index in [0.29, 0.717) is 12.1 Å². The van der Waals surface area contributed by atoms with Crippen LogP contribution < -0.4 is 17.2 Å². The lowest BCUT2D eigenvalue weighted by atomic mass is 9.83. The van der Waals surface area contributed by atoms with E-state index < -0.39 is 5.66 Å². The minimum Gasteiger partial charge on any atom is -0.330 e. The summed E-state index contributed by atoms with van der Waals surface area (Å²) in [6.45, 7) is 2.54. The normalized spacial score (nSPS) is 13.1. The van der Waals surface area contributed by atoms with Gasteiger partial charge in [0.25, 0.3) is 0 Å². The number of hydrogen-bond acceptors (Lipinski definition) is 4. The zero-order valence-corrected chi connectivity index (χ0v) is 13.8. The predicted molar refractivity (Wildman–Crippen MR) is 92.4 cm³/mol. The number of Topliss-reactive ketones (excluding diaryl/α,β-unsaturated/α-hetero) is 1. The molecule has 1 atom stereocenters. The summed E-state index contributed by atoms with van der Waals surface area (Å²) in [5, 5.41) is 0. The van der Waals surface area contributed by atoms with E-state index in [1.807, 2.05) is 18.2 Å². The van der Waals surface area contributed by atoms with Crippen molar-refractivity contribution in [3.63, 3.8) is 0 Å². The van der Waals surface area contributed by atoms with E-state index in [1.54, 1.807) is 12.1 Å². The number of benzene rings is 1. The lowest BCUT2D eigenvalue weighted by molar-refractivity contribution is 0.0824. The van der Waals surface area contributed by atoms with Crippen LogP contribution in [-0.4, -0.2) is 18.0 Å². The van der Waals surface area contributed by atoms with Crippen molar-refractivity contribution in [3.05, 3.63) is 35.9 Å². The molecular formula is C18H31N3O. The van der Waals surface area contributed by atoms with E-state index in [1.165, 1.54) is 25.7 Å². The van der Waals surface area contributed by atoms with Gasteiger partial charge in [0.2, 0.25) is 0 Å². The number of nitrogens with two attached hydrogens (primary N) is 3. The minimum atomic E-state index is -1.39. The lowest BCUT2D eigenvalue weighted by Crippen LogP contribution is -2.63. The first-order valence-corrected chi connectivity index (χ1v) is 8.41. The van der Waals surface area contributed by atoms with E-state index in [2.05, 4.69) is 6.92 Å².